The van der Waals surface area contributed by atoms with Gasteiger partial charge in [0.1, 0.15) is 11.6 Å². The zero-order valence-corrected chi connectivity index (χ0v) is 10.7. The van der Waals surface area contributed by atoms with Crippen LogP contribution in [0.15, 0.2) is 58.8 Å². The summed E-state index contributed by atoms with van der Waals surface area (Å²) >= 11 is 5.88. The van der Waals surface area contributed by atoms with Crippen molar-refractivity contribution in [1.29, 1.82) is 0 Å². The summed E-state index contributed by atoms with van der Waals surface area (Å²) in [5.74, 6) is -1.15. The van der Waals surface area contributed by atoms with Gasteiger partial charge < -0.3 is 0 Å². The second-order valence-corrected chi connectivity index (χ2v) is 4.32. The summed E-state index contributed by atoms with van der Waals surface area (Å²) in [6.07, 6.45) is 0. The minimum atomic E-state index is -1.03. The van der Waals surface area contributed by atoms with Crippen LogP contribution in [0.25, 0.3) is 0 Å². The molecule has 0 bridgehead atoms. The summed E-state index contributed by atoms with van der Waals surface area (Å²) in [5.41, 5.74) is -0.0762. The van der Waals surface area contributed by atoms with Crippen LogP contribution in [-0.2, 0) is 6.54 Å². The summed E-state index contributed by atoms with van der Waals surface area (Å²) in [7, 11) is 0. The fraction of sp³-hybridized carbons (Fsp3) is 0.143. The van der Waals surface area contributed by atoms with Gasteiger partial charge in [0.05, 0.1) is 6.54 Å². The van der Waals surface area contributed by atoms with Crippen molar-refractivity contribution in [2.75, 3.05) is 0 Å². The van der Waals surface area contributed by atoms with Crippen LogP contribution in [0, 0.1) is 11.6 Å². The van der Waals surface area contributed by atoms with Crippen molar-refractivity contribution in [3.63, 3.8) is 0 Å². The molecule has 0 radical (unpaired) electrons. The third kappa shape index (κ3) is 3.83. The van der Waals surface area contributed by atoms with Crippen LogP contribution in [0.2, 0.25) is 0 Å². The van der Waals surface area contributed by atoms with Crippen LogP contribution in [-0.4, -0.2) is 0 Å². The molecule has 2 aromatic rings. The smallest absolute Gasteiger partial charge is 0.172 e. The van der Waals surface area contributed by atoms with E-state index in [0.29, 0.717) is 6.54 Å². The second-order valence-electron chi connectivity index (χ2n) is 3.90. The van der Waals surface area contributed by atoms with E-state index >= 15 is 0 Å². The van der Waals surface area contributed by atoms with E-state index in [-0.39, 0.29) is 5.56 Å². The molecule has 0 spiro atoms. The lowest BCUT2D eigenvalue weighted by atomic mass is 10.2. The zero-order chi connectivity index (χ0) is 13.7. The fourth-order valence-corrected chi connectivity index (χ4v) is 1.77. The van der Waals surface area contributed by atoms with Crippen LogP contribution in [0.1, 0.15) is 16.6 Å². The van der Waals surface area contributed by atoms with E-state index in [9.17, 15) is 8.78 Å². The molecule has 0 N–H and O–H groups in total. The molecule has 0 aliphatic heterocycles. The van der Waals surface area contributed by atoms with Crippen LogP contribution < -0.4 is 0 Å². The standard InChI is InChI=1S/C14H11ClF2N2/c15-14(12-8-11(16)6-7-13(12)17)19-18-9-10-4-2-1-3-5-10/h1-8,14H,9H2. The third-order valence-electron chi connectivity index (χ3n) is 2.49. The van der Waals surface area contributed by atoms with Gasteiger partial charge in [-0.2, -0.15) is 10.2 Å². The van der Waals surface area contributed by atoms with Gasteiger partial charge in [-0.1, -0.05) is 41.9 Å². The zero-order valence-electron chi connectivity index (χ0n) is 9.93. The van der Waals surface area contributed by atoms with E-state index in [2.05, 4.69) is 10.2 Å². The second kappa shape index (κ2) is 6.38. The first-order valence-electron chi connectivity index (χ1n) is 5.66. The summed E-state index contributed by atoms with van der Waals surface area (Å²) in [6, 6.07) is 12.5. The van der Waals surface area contributed by atoms with Gasteiger partial charge in [0.2, 0.25) is 0 Å². The minimum absolute atomic E-state index is 0.0153. The maximum absolute atomic E-state index is 13.4. The van der Waals surface area contributed by atoms with Gasteiger partial charge in [-0.05, 0) is 23.8 Å². The summed E-state index contributed by atoms with van der Waals surface area (Å²) in [5, 5.41) is 7.67. The monoisotopic (exact) mass is 280 g/mol. The Morgan fingerprint density at radius 2 is 1.79 bits per heavy atom. The number of hydrogen-bond donors (Lipinski definition) is 0. The number of nitrogens with zero attached hydrogens (tertiary/aromatic N) is 2. The molecule has 0 aliphatic carbocycles. The molecule has 1 atom stereocenters. The lowest BCUT2D eigenvalue weighted by molar-refractivity contribution is 0.581. The Hall–Kier alpha value is -1.81. The SMILES string of the molecule is Fc1ccc(F)c(C(Cl)N=NCc2ccccc2)c1. The predicted octanol–water partition coefficient (Wildman–Crippen LogP) is 4.85. The highest BCUT2D eigenvalue weighted by Gasteiger charge is 2.12. The normalized spacial score (nSPS) is 12.8. The Morgan fingerprint density at radius 1 is 1.05 bits per heavy atom. The van der Waals surface area contributed by atoms with Gasteiger partial charge in [-0.15, -0.1) is 0 Å². The Balaban J connectivity index is 2.04. The number of rotatable bonds is 4. The molecule has 1 unspecified atom stereocenters. The van der Waals surface area contributed by atoms with E-state index in [1.54, 1.807) is 0 Å². The fourth-order valence-electron chi connectivity index (χ4n) is 1.54. The first-order chi connectivity index (χ1) is 9.16. The molecule has 2 aromatic carbocycles. The van der Waals surface area contributed by atoms with Crippen LogP contribution in [0.5, 0.6) is 0 Å². The first kappa shape index (κ1) is 13.6. The van der Waals surface area contributed by atoms with Crippen molar-refractivity contribution in [3.05, 3.63) is 71.3 Å². The Kier molecular flexibility index (Phi) is 4.58. The highest BCUT2D eigenvalue weighted by molar-refractivity contribution is 6.20. The molecule has 19 heavy (non-hydrogen) atoms. The molecule has 5 heteroatoms. The molecule has 0 aliphatic rings. The molecule has 2 rings (SSSR count). The maximum Gasteiger partial charge on any atom is 0.172 e. The lowest BCUT2D eigenvalue weighted by Gasteiger charge is -2.05. The summed E-state index contributed by atoms with van der Waals surface area (Å²) in [4.78, 5) is 0. The van der Waals surface area contributed by atoms with Crippen molar-refractivity contribution in [2.24, 2.45) is 10.2 Å². The number of halogens is 3. The largest absolute Gasteiger partial charge is 0.207 e. The maximum atomic E-state index is 13.4. The molecular weight excluding hydrogens is 270 g/mol. The van der Waals surface area contributed by atoms with Gasteiger partial charge in [0, 0.05) is 5.56 Å². The topological polar surface area (TPSA) is 24.7 Å². The molecular formula is C14H11ClF2N2. The number of alkyl halides is 1. The van der Waals surface area contributed by atoms with E-state index < -0.39 is 17.1 Å². The average Bonchev–Trinajstić information content (AvgIpc) is 2.42. The van der Waals surface area contributed by atoms with E-state index in [1.807, 2.05) is 30.3 Å². The Bertz CT molecular complexity index is 573. The Labute approximate surface area is 114 Å². The van der Waals surface area contributed by atoms with Crippen molar-refractivity contribution in [3.8, 4) is 0 Å². The van der Waals surface area contributed by atoms with Gasteiger partial charge in [-0.25, -0.2) is 8.78 Å². The van der Waals surface area contributed by atoms with Crippen molar-refractivity contribution >= 4 is 11.6 Å². The van der Waals surface area contributed by atoms with Crippen LogP contribution in [0.4, 0.5) is 8.78 Å². The summed E-state index contributed by atoms with van der Waals surface area (Å²) < 4.78 is 26.4. The van der Waals surface area contributed by atoms with E-state index in [4.69, 9.17) is 11.6 Å². The summed E-state index contributed by atoms with van der Waals surface area (Å²) in [6.45, 7) is 0.348. The minimum Gasteiger partial charge on any atom is -0.207 e. The van der Waals surface area contributed by atoms with Crippen molar-refractivity contribution in [2.45, 2.75) is 12.0 Å². The quantitative estimate of drug-likeness (QED) is 0.434. The number of hydrogen-bond acceptors (Lipinski definition) is 2. The van der Waals surface area contributed by atoms with Gasteiger partial charge in [-0.3, -0.25) is 0 Å². The molecule has 0 fully saturated rings. The molecule has 0 saturated heterocycles. The highest BCUT2D eigenvalue weighted by atomic mass is 35.5. The number of benzene rings is 2. The number of azo groups is 1. The molecule has 98 valence electrons. The molecule has 0 saturated carbocycles. The van der Waals surface area contributed by atoms with E-state index in [1.165, 1.54) is 0 Å². The molecule has 0 amide bonds. The Morgan fingerprint density at radius 3 is 2.53 bits per heavy atom. The third-order valence-corrected chi connectivity index (χ3v) is 2.82. The van der Waals surface area contributed by atoms with Crippen molar-refractivity contribution in [1.82, 2.24) is 0 Å². The molecule has 2 nitrogen and oxygen atoms in total. The van der Waals surface area contributed by atoms with Gasteiger partial charge in [0.25, 0.3) is 0 Å². The predicted molar refractivity (Wildman–Crippen MR) is 70.0 cm³/mol. The van der Waals surface area contributed by atoms with Gasteiger partial charge in [0.15, 0.2) is 5.50 Å². The van der Waals surface area contributed by atoms with Crippen LogP contribution in [0.3, 0.4) is 0 Å². The molecule has 0 aromatic heterocycles. The average molecular weight is 281 g/mol. The lowest BCUT2D eigenvalue weighted by Crippen LogP contribution is -1.93. The van der Waals surface area contributed by atoms with Crippen LogP contribution >= 0.6 is 11.6 Å². The highest BCUT2D eigenvalue weighted by Crippen LogP contribution is 2.25. The molecule has 0 heterocycles. The first-order valence-corrected chi connectivity index (χ1v) is 6.10. The van der Waals surface area contributed by atoms with Crippen molar-refractivity contribution < 1.29 is 8.78 Å². The van der Waals surface area contributed by atoms with E-state index in [0.717, 1.165) is 23.8 Å². The van der Waals surface area contributed by atoms with Gasteiger partial charge >= 0.3 is 0 Å².